The van der Waals surface area contributed by atoms with Gasteiger partial charge in [-0.05, 0) is 42.8 Å². The summed E-state index contributed by atoms with van der Waals surface area (Å²) in [4.78, 5) is 30.1. The van der Waals surface area contributed by atoms with E-state index >= 15 is 0 Å². The lowest BCUT2D eigenvalue weighted by atomic mass is 9.95. The Bertz CT molecular complexity index is 885. The molecule has 6 heteroatoms. The number of hydrogen-bond acceptors (Lipinski definition) is 4. The number of fused-ring (bicyclic) bond motifs is 1. The van der Waals surface area contributed by atoms with E-state index in [2.05, 4.69) is 22.3 Å². The first-order valence-corrected chi connectivity index (χ1v) is 11.6. The Balaban J connectivity index is 1.47. The zero-order valence-electron chi connectivity index (χ0n) is 17.4. The van der Waals surface area contributed by atoms with Gasteiger partial charge in [0.15, 0.2) is 0 Å². The average molecular weight is 414 g/mol. The van der Waals surface area contributed by atoms with E-state index in [1.165, 1.54) is 34.9 Å². The molecule has 0 spiro atoms. The number of carbonyl (C=O) groups excluding carboxylic acids is 2. The fourth-order valence-electron chi connectivity index (χ4n) is 4.77. The number of thiophene rings is 1. The molecule has 2 aliphatic rings. The van der Waals surface area contributed by atoms with E-state index in [9.17, 15) is 9.59 Å². The second kappa shape index (κ2) is 8.84. The first-order chi connectivity index (χ1) is 14.0. The Morgan fingerprint density at radius 3 is 2.66 bits per heavy atom. The van der Waals surface area contributed by atoms with E-state index in [1.807, 2.05) is 26.2 Å². The molecule has 1 saturated carbocycles. The lowest BCUT2D eigenvalue weighted by molar-refractivity contribution is -0.122. The normalized spacial score (nSPS) is 20.8. The number of hydrogen-bond donors (Lipinski definition) is 1. The van der Waals surface area contributed by atoms with Gasteiger partial charge in [0, 0.05) is 37.3 Å². The van der Waals surface area contributed by atoms with Gasteiger partial charge >= 0.3 is 0 Å². The molecule has 2 heterocycles. The van der Waals surface area contributed by atoms with Crippen molar-refractivity contribution in [3.63, 3.8) is 0 Å². The van der Waals surface area contributed by atoms with Crippen LogP contribution in [0.15, 0.2) is 24.3 Å². The van der Waals surface area contributed by atoms with Crippen LogP contribution in [0.1, 0.15) is 59.7 Å². The molecule has 4 rings (SSSR count). The third kappa shape index (κ3) is 4.48. The number of benzene rings is 1. The van der Waals surface area contributed by atoms with Crippen LogP contribution in [0, 0.1) is 0 Å². The number of likely N-dealkylation sites (tertiary alicyclic amines) is 1. The summed E-state index contributed by atoms with van der Waals surface area (Å²) in [6, 6.07) is 8.67. The van der Waals surface area contributed by atoms with Gasteiger partial charge in [0.2, 0.25) is 5.91 Å². The van der Waals surface area contributed by atoms with Crippen molar-refractivity contribution < 1.29 is 9.59 Å². The molecule has 0 unspecified atom stereocenters. The quantitative estimate of drug-likeness (QED) is 0.810. The van der Waals surface area contributed by atoms with Crippen molar-refractivity contribution in [1.29, 1.82) is 0 Å². The number of amides is 2. The number of nitrogens with zero attached hydrogens (tertiary/aromatic N) is 2. The molecule has 5 nitrogen and oxygen atoms in total. The van der Waals surface area contributed by atoms with Gasteiger partial charge in [-0.1, -0.05) is 37.5 Å². The van der Waals surface area contributed by atoms with Crippen molar-refractivity contribution >= 4 is 33.2 Å². The summed E-state index contributed by atoms with van der Waals surface area (Å²) in [5, 5.41) is 4.43. The molecule has 29 heavy (non-hydrogen) atoms. The first-order valence-electron chi connectivity index (χ1n) is 10.8. The molecule has 2 amide bonds. The molecule has 1 atom stereocenters. The van der Waals surface area contributed by atoms with Crippen molar-refractivity contribution in [2.24, 2.45) is 0 Å². The van der Waals surface area contributed by atoms with E-state index in [1.54, 1.807) is 16.2 Å². The molecular weight excluding hydrogens is 382 g/mol. The van der Waals surface area contributed by atoms with Gasteiger partial charge in [0.25, 0.3) is 5.91 Å². The number of carbonyl (C=O) groups is 2. The van der Waals surface area contributed by atoms with Crippen LogP contribution in [0.5, 0.6) is 0 Å². The van der Waals surface area contributed by atoms with Gasteiger partial charge in [-0.15, -0.1) is 11.3 Å². The minimum absolute atomic E-state index is 0.0784. The number of nitrogens with one attached hydrogen (secondary N) is 1. The lowest BCUT2D eigenvalue weighted by Crippen LogP contribution is -2.42. The van der Waals surface area contributed by atoms with Crippen LogP contribution in [0.3, 0.4) is 0 Å². The Morgan fingerprint density at radius 1 is 1.14 bits per heavy atom. The molecule has 2 fully saturated rings. The molecule has 1 aromatic heterocycles. The Hall–Kier alpha value is -1.92. The van der Waals surface area contributed by atoms with Gasteiger partial charge in [-0.25, -0.2) is 0 Å². The summed E-state index contributed by atoms with van der Waals surface area (Å²) in [7, 11) is 3.63. The van der Waals surface area contributed by atoms with E-state index in [-0.39, 0.29) is 11.8 Å². The van der Waals surface area contributed by atoms with Crippen LogP contribution in [0.25, 0.3) is 10.1 Å². The van der Waals surface area contributed by atoms with Crippen LogP contribution < -0.4 is 5.32 Å². The third-order valence-corrected chi connectivity index (χ3v) is 7.43. The first kappa shape index (κ1) is 20.4. The minimum atomic E-state index is 0.0784. The van der Waals surface area contributed by atoms with E-state index in [0.29, 0.717) is 18.5 Å². The van der Waals surface area contributed by atoms with Crippen LogP contribution in [-0.2, 0) is 4.79 Å². The van der Waals surface area contributed by atoms with Gasteiger partial charge in [0.1, 0.15) is 0 Å². The third-order valence-electron chi connectivity index (χ3n) is 6.25. The summed E-state index contributed by atoms with van der Waals surface area (Å²) in [5.41, 5.74) is 1.18. The topological polar surface area (TPSA) is 52.7 Å². The Labute approximate surface area is 177 Å². The molecule has 0 bridgehead atoms. The molecule has 2 aromatic rings. The smallest absolute Gasteiger partial charge is 0.263 e. The summed E-state index contributed by atoms with van der Waals surface area (Å²) in [6.45, 7) is 2.21. The highest BCUT2D eigenvalue weighted by Crippen LogP contribution is 2.40. The van der Waals surface area contributed by atoms with Crippen molar-refractivity contribution in [3.05, 3.63) is 34.7 Å². The van der Waals surface area contributed by atoms with Crippen molar-refractivity contribution in [2.45, 2.75) is 50.5 Å². The monoisotopic (exact) mass is 413 g/mol. The maximum Gasteiger partial charge on any atom is 0.263 e. The highest BCUT2D eigenvalue weighted by Gasteiger charge is 2.32. The fraction of sp³-hybridized carbons (Fsp3) is 0.565. The van der Waals surface area contributed by atoms with Crippen molar-refractivity contribution in [1.82, 2.24) is 15.1 Å². The Kier molecular flexibility index (Phi) is 6.20. The molecule has 1 saturated heterocycles. The molecule has 1 N–H and O–H groups in total. The van der Waals surface area contributed by atoms with E-state index < -0.39 is 0 Å². The molecule has 1 aliphatic carbocycles. The summed E-state index contributed by atoms with van der Waals surface area (Å²) in [6.07, 6.45) is 6.97. The van der Waals surface area contributed by atoms with Gasteiger partial charge in [-0.2, -0.15) is 0 Å². The maximum atomic E-state index is 12.8. The number of rotatable bonds is 5. The lowest BCUT2D eigenvalue weighted by Gasteiger charge is -2.24. The predicted molar refractivity (Wildman–Crippen MR) is 119 cm³/mol. The second-order valence-electron chi connectivity index (χ2n) is 8.66. The maximum absolute atomic E-state index is 12.8. The van der Waals surface area contributed by atoms with Crippen molar-refractivity contribution in [3.8, 4) is 0 Å². The zero-order valence-corrected chi connectivity index (χ0v) is 18.3. The van der Waals surface area contributed by atoms with Gasteiger partial charge < -0.3 is 10.2 Å². The Morgan fingerprint density at radius 2 is 1.90 bits per heavy atom. The molecule has 0 radical (unpaired) electrons. The van der Waals surface area contributed by atoms with Gasteiger partial charge in [0.05, 0.1) is 11.4 Å². The molecule has 156 valence electrons. The van der Waals surface area contributed by atoms with E-state index in [4.69, 9.17) is 0 Å². The van der Waals surface area contributed by atoms with Gasteiger partial charge in [-0.3, -0.25) is 14.5 Å². The zero-order chi connectivity index (χ0) is 20.4. The molecular formula is C23H31N3O2S. The largest absolute Gasteiger partial charge is 0.352 e. The van der Waals surface area contributed by atoms with Crippen LogP contribution in [0.2, 0.25) is 0 Å². The SMILES string of the molecule is CN(C)C(=O)c1sc2ccccc2c1[C@H]1CCN(CC(=O)NC2CCCCC2)C1. The average Bonchev–Trinajstić information content (AvgIpc) is 3.31. The highest BCUT2D eigenvalue weighted by molar-refractivity contribution is 7.21. The summed E-state index contributed by atoms with van der Waals surface area (Å²) in [5.74, 6) is 0.527. The molecule has 1 aliphatic heterocycles. The summed E-state index contributed by atoms with van der Waals surface area (Å²) < 4.78 is 1.17. The van der Waals surface area contributed by atoms with Crippen LogP contribution in [-0.4, -0.2) is 61.4 Å². The predicted octanol–water partition coefficient (Wildman–Crippen LogP) is 3.84. The van der Waals surface area contributed by atoms with Crippen LogP contribution in [0.4, 0.5) is 0 Å². The van der Waals surface area contributed by atoms with E-state index in [0.717, 1.165) is 37.2 Å². The van der Waals surface area contributed by atoms with Crippen molar-refractivity contribution in [2.75, 3.05) is 33.7 Å². The highest BCUT2D eigenvalue weighted by atomic mass is 32.1. The molecule has 1 aromatic carbocycles. The standard InChI is InChI=1S/C23H31N3O2S/c1-25(2)23(28)22-21(18-10-6-7-11-19(18)29-22)16-12-13-26(14-16)15-20(27)24-17-8-4-3-5-9-17/h6-7,10-11,16-17H,3-5,8-9,12-15H2,1-2H3,(H,24,27)/t16-/m0/s1. The van der Waals surface area contributed by atoms with Crippen LogP contribution >= 0.6 is 11.3 Å². The minimum Gasteiger partial charge on any atom is -0.352 e. The fourth-order valence-corrected chi connectivity index (χ4v) is 6.08. The summed E-state index contributed by atoms with van der Waals surface area (Å²) >= 11 is 1.60. The second-order valence-corrected chi connectivity index (χ2v) is 9.72.